The van der Waals surface area contributed by atoms with Crippen molar-refractivity contribution in [1.82, 2.24) is 0 Å². The number of ether oxygens (including phenoxy) is 10. The van der Waals surface area contributed by atoms with Gasteiger partial charge in [0.15, 0.2) is 0 Å². The minimum absolute atomic E-state index is 0.0783. The summed E-state index contributed by atoms with van der Waals surface area (Å²) in [5.41, 5.74) is 0. The highest BCUT2D eigenvalue weighted by Gasteiger charge is 2.28. The zero-order chi connectivity index (χ0) is 42.3. The first-order valence-corrected chi connectivity index (χ1v) is 20.8. The molecule has 0 unspecified atom stereocenters. The number of carbonyl (C=O) groups is 2. The lowest BCUT2D eigenvalue weighted by molar-refractivity contribution is -0.145. The van der Waals surface area contributed by atoms with Crippen LogP contribution in [0.3, 0.4) is 0 Å². The number of hydrogen-bond acceptors (Lipinski definition) is 12. The Balaban J connectivity index is 1.73. The van der Waals surface area contributed by atoms with Crippen LogP contribution >= 0.6 is 0 Å². The molecule has 0 atom stereocenters. The van der Waals surface area contributed by atoms with Gasteiger partial charge >= 0.3 is 11.9 Å². The number of halogens is 5. The van der Waals surface area contributed by atoms with Crippen LogP contribution in [0.4, 0.5) is 22.0 Å². The first-order chi connectivity index (χ1) is 28.3. The van der Waals surface area contributed by atoms with Crippen LogP contribution in [-0.2, 0) is 52.2 Å². The Labute approximate surface area is 340 Å². The topological polar surface area (TPSA) is 126 Å². The van der Waals surface area contributed by atoms with E-state index < -0.39 is 47.2 Å². The van der Waals surface area contributed by atoms with E-state index in [4.69, 9.17) is 42.6 Å². The molecule has 0 N–H and O–H groups in total. The third-order valence-electron chi connectivity index (χ3n) is 8.42. The lowest BCUT2D eigenvalue weighted by atomic mass is 10.0. The summed E-state index contributed by atoms with van der Waals surface area (Å²) in [5, 5.41) is 0. The molecule has 0 aliphatic rings. The minimum Gasteiger partial charge on any atom is -0.463 e. The third kappa shape index (κ3) is 29.7. The molecule has 1 rings (SSSR count). The van der Waals surface area contributed by atoms with E-state index in [0.717, 1.165) is 12.8 Å². The average molecular weight is 847 g/mol. The summed E-state index contributed by atoms with van der Waals surface area (Å²) >= 11 is 0. The van der Waals surface area contributed by atoms with E-state index in [1.165, 1.54) is 70.6 Å². The second-order valence-electron chi connectivity index (χ2n) is 13.2. The summed E-state index contributed by atoms with van der Waals surface area (Å²) in [6, 6.07) is 0. The molecule has 0 saturated heterocycles. The number of hydrogen-bond donors (Lipinski definition) is 0. The monoisotopic (exact) mass is 846 g/mol. The lowest BCUT2D eigenvalue weighted by Crippen LogP contribution is -2.16. The molecule has 17 heteroatoms. The van der Waals surface area contributed by atoms with E-state index in [1.54, 1.807) is 0 Å². The van der Waals surface area contributed by atoms with Crippen LogP contribution in [0.2, 0.25) is 0 Å². The van der Waals surface area contributed by atoms with E-state index in [0.29, 0.717) is 85.7 Å². The molecule has 0 amide bonds. The van der Waals surface area contributed by atoms with Crippen molar-refractivity contribution in [3.63, 3.8) is 0 Å². The second kappa shape index (κ2) is 38.7. The maximum absolute atomic E-state index is 13.6. The van der Waals surface area contributed by atoms with Crippen molar-refractivity contribution in [2.24, 2.45) is 0 Å². The number of carbonyl (C=O) groups excluding carboxylic acids is 2. The molecule has 338 valence electrons. The summed E-state index contributed by atoms with van der Waals surface area (Å²) in [7, 11) is 0. The van der Waals surface area contributed by atoms with E-state index in [2.05, 4.69) is 11.7 Å². The molecule has 0 saturated carbocycles. The van der Waals surface area contributed by atoms with Gasteiger partial charge in [-0.2, -0.15) is 8.78 Å². The largest absolute Gasteiger partial charge is 0.463 e. The van der Waals surface area contributed by atoms with E-state index in [1.807, 2.05) is 0 Å². The molecule has 0 aliphatic carbocycles. The van der Waals surface area contributed by atoms with Gasteiger partial charge in [-0.3, -0.25) is 9.59 Å². The van der Waals surface area contributed by atoms with Crippen molar-refractivity contribution in [1.29, 1.82) is 0 Å². The van der Waals surface area contributed by atoms with Crippen molar-refractivity contribution in [3.05, 3.63) is 29.1 Å². The van der Waals surface area contributed by atoms with Gasteiger partial charge in [-0.25, -0.2) is 13.2 Å². The maximum Gasteiger partial charge on any atom is 0.313 e. The average Bonchev–Trinajstić information content (AvgIpc) is 3.22. The molecule has 0 fully saturated rings. The van der Waals surface area contributed by atoms with Crippen LogP contribution in [0.15, 0.2) is 0 Å². The predicted molar refractivity (Wildman–Crippen MR) is 204 cm³/mol. The van der Waals surface area contributed by atoms with Gasteiger partial charge in [0.25, 0.3) is 0 Å². The van der Waals surface area contributed by atoms with Crippen LogP contribution in [0.1, 0.15) is 103 Å². The first-order valence-electron chi connectivity index (χ1n) is 20.8. The molecule has 1 aromatic rings. The zero-order valence-electron chi connectivity index (χ0n) is 34.4. The van der Waals surface area contributed by atoms with Crippen molar-refractivity contribution in [2.45, 2.75) is 103 Å². The van der Waals surface area contributed by atoms with E-state index in [9.17, 15) is 31.5 Å². The third-order valence-corrected chi connectivity index (χ3v) is 8.42. The highest BCUT2D eigenvalue weighted by atomic mass is 19.2. The molecule has 0 aliphatic heterocycles. The summed E-state index contributed by atoms with van der Waals surface area (Å²) in [5.74, 6) is -14.3. The van der Waals surface area contributed by atoms with Gasteiger partial charge in [0.1, 0.15) is 6.61 Å². The first kappa shape index (κ1) is 53.5. The Morgan fingerprint density at radius 1 is 0.345 bits per heavy atom. The van der Waals surface area contributed by atoms with Gasteiger partial charge in [0, 0.05) is 6.42 Å². The maximum atomic E-state index is 13.6. The summed E-state index contributed by atoms with van der Waals surface area (Å²) in [6.45, 7) is 7.52. The van der Waals surface area contributed by atoms with Gasteiger partial charge in [-0.05, 0) is 6.42 Å². The standard InChI is InChI=1S/C41H67F5O12/c1-2-3-4-5-6-7-8-9-10-11-12-13-14-15-34(47)57-33-32-56-31-30-55-29-28-54-27-26-53-25-24-52-23-22-51-21-20-50-19-18-49-17-16-35(48)58-41-39(45)37(43)36(42)38(44)40(41)46/h2-33H2,1H3. The summed E-state index contributed by atoms with van der Waals surface area (Å²) in [4.78, 5) is 23.5. The highest BCUT2D eigenvalue weighted by Crippen LogP contribution is 2.29. The number of unbranched alkanes of at least 4 members (excludes halogenated alkanes) is 12. The molecule has 0 bridgehead atoms. The lowest BCUT2D eigenvalue weighted by Gasteiger charge is -2.09. The van der Waals surface area contributed by atoms with Crippen LogP contribution in [0, 0.1) is 29.1 Å². The van der Waals surface area contributed by atoms with Gasteiger partial charge in [-0.1, -0.05) is 84.0 Å². The molecule has 0 spiro atoms. The fraction of sp³-hybridized carbons (Fsp3) is 0.805. The van der Waals surface area contributed by atoms with Gasteiger partial charge < -0.3 is 47.4 Å². The number of rotatable bonds is 42. The normalized spacial score (nSPS) is 11.4. The molecule has 58 heavy (non-hydrogen) atoms. The Morgan fingerprint density at radius 3 is 1.00 bits per heavy atom. The van der Waals surface area contributed by atoms with Crippen LogP contribution < -0.4 is 4.74 Å². The highest BCUT2D eigenvalue weighted by molar-refractivity contribution is 5.72. The molecule has 0 radical (unpaired) electrons. The van der Waals surface area contributed by atoms with Crippen molar-refractivity contribution in [3.8, 4) is 5.75 Å². The van der Waals surface area contributed by atoms with Crippen molar-refractivity contribution in [2.75, 3.05) is 112 Å². The van der Waals surface area contributed by atoms with Crippen LogP contribution in [0.5, 0.6) is 5.75 Å². The molecular formula is C41H67F5O12. The van der Waals surface area contributed by atoms with Crippen molar-refractivity contribution >= 4 is 11.9 Å². The second-order valence-corrected chi connectivity index (χ2v) is 13.2. The summed E-state index contributed by atoms with van der Waals surface area (Å²) < 4.78 is 119. The SMILES string of the molecule is CCCCCCCCCCCCCCCC(=O)OCCOCCOCCOCCOCCOCCOCCOCCOCCC(=O)Oc1c(F)c(F)c(F)c(F)c1F. The molecule has 0 heterocycles. The Kier molecular flexibility index (Phi) is 35.7. The summed E-state index contributed by atoms with van der Waals surface area (Å²) in [6.07, 6.45) is 16.5. The number of benzene rings is 1. The smallest absolute Gasteiger partial charge is 0.313 e. The minimum atomic E-state index is -2.35. The van der Waals surface area contributed by atoms with Gasteiger partial charge in [0.05, 0.1) is 112 Å². The van der Waals surface area contributed by atoms with Crippen molar-refractivity contribution < 1.29 is 78.9 Å². The molecule has 1 aromatic carbocycles. The predicted octanol–water partition coefficient (Wildman–Crippen LogP) is 7.83. The van der Waals surface area contributed by atoms with E-state index >= 15 is 0 Å². The van der Waals surface area contributed by atoms with Crippen LogP contribution in [-0.4, -0.2) is 124 Å². The Hall–Kier alpha value is -2.51. The molecular weight excluding hydrogens is 779 g/mol. The van der Waals surface area contributed by atoms with E-state index in [-0.39, 0.29) is 39.0 Å². The fourth-order valence-corrected chi connectivity index (χ4v) is 5.21. The fourth-order valence-electron chi connectivity index (χ4n) is 5.21. The zero-order valence-corrected chi connectivity index (χ0v) is 34.4. The molecule has 0 aromatic heterocycles. The quantitative estimate of drug-likeness (QED) is 0.0159. The van der Waals surface area contributed by atoms with Gasteiger partial charge in [0.2, 0.25) is 34.8 Å². The molecule has 12 nitrogen and oxygen atoms in total. The number of esters is 2. The Morgan fingerprint density at radius 2 is 0.638 bits per heavy atom. The Bertz CT molecular complexity index is 1140. The van der Waals surface area contributed by atoms with Crippen LogP contribution in [0.25, 0.3) is 0 Å². The van der Waals surface area contributed by atoms with Gasteiger partial charge in [-0.15, -0.1) is 0 Å².